The Labute approximate surface area is 223 Å². The van der Waals surface area contributed by atoms with Gasteiger partial charge in [-0.25, -0.2) is 0 Å². The molecule has 8 heteroatoms. The number of carbonyl (C=O) groups is 3. The van der Waals surface area contributed by atoms with E-state index in [1.165, 1.54) is 0 Å². The molecule has 1 aliphatic carbocycles. The van der Waals surface area contributed by atoms with Crippen molar-refractivity contribution < 1.29 is 19.5 Å². The van der Waals surface area contributed by atoms with E-state index in [0.717, 1.165) is 36.1 Å². The van der Waals surface area contributed by atoms with Gasteiger partial charge < -0.3 is 25.1 Å². The molecule has 0 bridgehead atoms. The summed E-state index contributed by atoms with van der Waals surface area (Å²) >= 11 is 0. The fourth-order valence-corrected chi connectivity index (χ4v) is 7.13. The highest BCUT2D eigenvalue weighted by atomic mass is 16.3. The molecule has 0 radical (unpaired) electrons. The number of likely N-dealkylation sites (N-methyl/N-ethyl adjacent to an activating group) is 1. The Balaban J connectivity index is 1.21. The molecule has 2 aromatic carbocycles. The first-order valence-electron chi connectivity index (χ1n) is 13.8. The maximum atomic E-state index is 14.2. The molecule has 0 unspecified atom stereocenters. The Bertz CT molecular complexity index is 1190. The van der Waals surface area contributed by atoms with Crippen LogP contribution in [0.1, 0.15) is 43.2 Å². The molecule has 0 aromatic heterocycles. The minimum Gasteiger partial charge on any atom is -0.391 e. The second kappa shape index (κ2) is 10.1. The van der Waals surface area contributed by atoms with Crippen LogP contribution in [0.25, 0.3) is 0 Å². The number of anilines is 1. The van der Waals surface area contributed by atoms with Crippen LogP contribution in [0.2, 0.25) is 0 Å². The molecule has 2 saturated heterocycles. The number of hydrogen-bond donors (Lipinski definition) is 2. The van der Waals surface area contributed by atoms with Crippen molar-refractivity contribution in [3.05, 3.63) is 65.7 Å². The van der Waals surface area contributed by atoms with Gasteiger partial charge in [-0.1, -0.05) is 55.0 Å². The van der Waals surface area contributed by atoms with Gasteiger partial charge in [-0.2, -0.15) is 0 Å². The highest BCUT2D eigenvalue weighted by Crippen LogP contribution is 2.43. The zero-order valence-electron chi connectivity index (χ0n) is 21.8. The van der Waals surface area contributed by atoms with Gasteiger partial charge in [0.1, 0.15) is 18.1 Å². The Hall–Kier alpha value is -3.39. The summed E-state index contributed by atoms with van der Waals surface area (Å²) in [5.41, 5.74) is 3.06. The first-order chi connectivity index (χ1) is 18.4. The maximum Gasteiger partial charge on any atom is 0.246 e. The van der Waals surface area contributed by atoms with E-state index in [2.05, 4.69) is 5.32 Å². The molecule has 4 aliphatic rings. The normalized spacial score (nSPS) is 29.6. The van der Waals surface area contributed by atoms with Crippen LogP contribution in [0.4, 0.5) is 5.69 Å². The molecule has 3 aliphatic heterocycles. The smallest absolute Gasteiger partial charge is 0.246 e. The molecule has 3 heterocycles. The SMILES string of the molecule is CN(Cc1ccccc1)C(=O)[C@@H]1C[C@@H]2CCC[C@@H]2N1C(=O)[C@@H]1C[C@@H](O)CN1C(=O)[C@@H]1Cc2ccccc2N1. The number of hydrogen-bond acceptors (Lipinski definition) is 5. The molecule has 1 saturated carbocycles. The van der Waals surface area contributed by atoms with Gasteiger partial charge in [0.05, 0.1) is 6.10 Å². The van der Waals surface area contributed by atoms with Gasteiger partial charge in [0.2, 0.25) is 17.7 Å². The molecule has 200 valence electrons. The van der Waals surface area contributed by atoms with E-state index in [1.54, 1.807) is 21.7 Å². The number of aliphatic hydroxyl groups excluding tert-OH is 1. The van der Waals surface area contributed by atoms with Crippen molar-refractivity contribution in [2.75, 3.05) is 18.9 Å². The number of benzene rings is 2. The van der Waals surface area contributed by atoms with Gasteiger partial charge in [-0.3, -0.25) is 14.4 Å². The van der Waals surface area contributed by atoms with Gasteiger partial charge in [-0.15, -0.1) is 0 Å². The standard InChI is InChI=1S/C30H36N4O4/c1-32(17-19-8-3-2-4-9-19)29(37)27-15-21-11-7-13-25(21)34(27)30(38)26-16-22(35)18-33(26)28(36)24-14-20-10-5-6-12-23(20)31-24/h2-6,8-10,12,21-22,24-27,31,35H,7,11,13-18H2,1H3/t21-,22+,24-,25-,26-,27-/m0/s1. The molecule has 6 atom stereocenters. The molecule has 2 N–H and O–H groups in total. The summed E-state index contributed by atoms with van der Waals surface area (Å²) in [5.74, 6) is -0.103. The van der Waals surface area contributed by atoms with Crippen LogP contribution >= 0.6 is 0 Å². The van der Waals surface area contributed by atoms with Crippen LogP contribution in [0, 0.1) is 5.92 Å². The lowest BCUT2D eigenvalue weighted by Gasteiger charge is -2.36. The van der Waals surface area contributed by atoms with Crippen molar-refractivity contribution >= 4 is 23.4 Å². The number of nitrogens with zero attached hydrogens (tertiary/aromatic N) is 3. The van der Waals surface area contributed by atoms with Crippen LogP contribution in [-0.4, -0.2) is 81.4 Å². The molecule has 0 spiro atoms. The molecular formula is C30H36N4O4. The minimum absolute atomic E-state index is 0.0186. The molecule has 6 rings (SSSR count). The van der Waals surface area contributed by atoms with E-state index in [4.69, 9.17) is 0 Å². The monoisotopic (exact) mass is 516 g/mol. The number of fused-ring (bicyclic) bond motifs is 2. The number of aliphatic hydroxyl groups is 1. The van der Waals surface area contributed by atoms with E-state index in [0.29, 0.717) is 25.3 Å². The summed E-state index contributed by atoms with van der Waals surface area (Å²) in [5, 5.41) is 13.9. The second-order valence-corrected chi connectivity index (χ2v) is 11.4. The molecule has 3 fully saturated rings. The van der Waals surface area contributed by atoms with Crippen molar-refractivity contribution in [1.29, 1.82) is 0 Å². The van der Waals surface area contributed by atoms with Crippen LogP contribution in [-0.2, 0) is 27.3 Å². The first-order valence-corrected chi connectivity index (χ1v) is 13.8. The van der Waals surface area contributed by atoms with Crippen molar-refractivity contribution in [2.24, 2.45) is 5.92 Å². The third-order valence-corrected chi connectivity index (χ3v) is 8.93. The van der Waals surface area contributed by atoms with Gasteiger partial charge >= 0.3 is 0 Å². The third kappa shape index (κ3) is 4.45. The number of para-hydroxylation sites is 1. The lowest BCUT2D eigenvalue weighted by molar-refractivity contribution is -0.150. The number of rotatable bonds is 5. The van der Waals surface area contributed by atoms with Crippen molar-refractivity contribution in [1.82, 2.24) is 14.7 Å². The molecule has 8 nitrogen and oxygen atoms in total. The van der Waals surface area contributed by atoms with E-state index < -0.39 is 24.2 Å². The number of likely N-dealkylation sites (tertiary alicyclic amines) is 2. The Kier molecular flexibility index (Phi) is 6.60. The molecule has 38 heavy (non-hydrogen) atoms. The molecule has 2 aromatic rings. The van der Waals surface area contributed by atoms with E-state index in [-0.39, 0.29) is 36.7 Å². The van der Waals surface area contributed by atoms with Crippen LogP contribution in [0.3, 0.4) is 0 Å². The Morgan fingerprint density at radius 2 is 1.74 bits per heavy atom. The lowest BCUT2D eigenvalue weighted by atomic mass is 10.0. The van der Waals surface area contributed by atoms with Gasteiger partial charge in [0.25, 0.3) is 0 Å². The summed E-state index contributed by atoms with van der Waals surface area (Å²) in [6.07, 6.45) is 3.61. The molecular weight excluding hydrogens is 480 g/mol. The number of amides is 3. The fraction of sp³-hybridized carbons (Fsp3) is 0.500. The average molecular weight is 517 g/mol. The lowest BCUT2D eigenvalue weighted by Crippen LogP contribution is -2.56. The van der Waals surface area contributed by atoms with Gasteiger partial charge in [-0.05, 0) is 42.4 Å². The summed E-state index contributed by atoms with van der Waals surface area (Å²) in [6.45, 7) is 0.617. The first kappa shape index (κ1) is 24.9. The number of nitrogens with one attached hydrogen (secondary N) is 1. The maximum absolute atomic E-state index is 14.2. The Morgan fingerprint density at radius 1 is 0.974 bits per heavy atom. The van der Waals surface area contributed by atoms with Crippen LogP contribution in [0.15, 0.2) is 54.6 Å². The predicted octanol–water partition coefficient (Wildman–Crippen LogP) is 2.41. The largest absolute Gasteiger partial charge is 0.391 e. The summed E-state index contributed by atoms with van der Waals surface area (Å²) in [7, 11) is 1.80. The highest BCUT2D eigenvalue weighted by Gasteiger charge is 2.53. The summed E-state index contributed by atoms with van der Waals surface area (Å²) < 4.78 is 0. The number of carbonyl (C=O) groups excluding carboxylic acids is 3. The minimum atomic E-state index is -0.756. The third-order valence-electron chi connectivity index (χ3n) is 8.93. The average Bonchev–Trinajstić information content (AvgIpc) is 3.70. The van der Waals surface area contributed by atoms with Crippen LogP contribution in [0.5, 0.6) is 0 Å². The van der Waals surface area contributed by atoms with Gasteiger partial charge in [0.15, 0.2) is 0 Å². The van der Waals surface area contributed by atoms with Gasteiger partial charge in [0, 0.05) is 44.7 Å². The highest BCUT2D eigenvalue weighted by molar-refractivity contribution is 5.95. The van der Waals surface area contributed by atoms with E-state index in [1.807, 2.05) is 54.6 Å². The van der Waals surface area contributed by atoms with Crippen molar-refractivity contribution in [2.45, 2.75) is 75.3 Å². The second-order valence-electron chi connectivity index (χ2n) is 11.4. The van der Waals surface area contributed by atoms with Crippen molar-refractivity contribution in [3.8, 4) is 0 Å². The fourth-order valence-electron chi connectivity index (χ4n) is 7.13. The zero-order valence-corrected chi connectivity index (χ0v) is 21.8. The molecule has 3 amide bonds. The summed E-state index contributed by atoms with van der Waals surface area (Å²) in [4.78, 5) is 46.7. The zero-order chi connectivity index (χ0) is 26.4. The number of β-amino-alcohol motifs (C(OH)–C–C–N with tert-alkyl or cyclic N) is 1. The summed E-state index contributed by atoms with van der Waals surface area (Å²) in [6, 6.07) is 16.0. The van der Waals surface area contributed by atoms with Crippen LogP contribution < -0.4 is 5.32 Å². The van der Waals surface area contributed by atoms with E-state index in [9.17, 15) is 19.5 Å². The Morgan fingerprint density at radius 3 is 2.53 bits per heavy atom. The predicted molar refractivity (Wildman–Crippen MR) is 143 cm³/mol. The van der Waals surface area contributed by atoms with E-state index >= 15 is 0 Å². The van der Waals surface area contributed by atoms with Crippen molar-refractivity contribution in [3.63, 3.8) is 0 Å². The quantitative estimate of drug-likeness (QED) is 0.637. The topological polar surface area (TPSA) is 93.2 Å².